The van der Waals surface area contributed by atoms with Crippen LogP contribution in [-0.2, 0) is 9.59 Å². The van der Waals surface area contributed by atoms with E-state index in [4.69, 9.17) is 6.57 Å². The first-order valence-corrected chi connectivity index (χ1v) is 13.3. The smallest absolute Gasteiger partial charge is 0.226 e. The molecular weight excluding hydrogens is 425 g/mol. The summed E-state index contributed by atoms with van der Waals surface area (Å²) in [4.78, 5) is 30.8. The molecule has 0 amide bonds. The summed E-state index contributed by atoms with van der Waals surface area (Å²) in [6.07, 6.45) is 8.23. The summed E-state index contributed by atoms with van der Waals surface area (Å²) in [7, 11) is 0. The van der Waals surface area contributed by atoms with Gasteiger partial charge < -0.3 is 4.79 Å². The number of carbonyl (C=O) groups excluding carboxylic acids is 2. The first-order valence-electron chi connectivity index (χ1n) is 13.3. The number of hydrogen-bond donors (Lipinski definition) is 0. The van der Waals surface area contributed by atoms with Crippen molar-refractivity contribution in [2.75, 3.05) is 0 Å². The molecule has 0 aromatic rings. The second kappa shape index (κ2) is 6.92. The molecule has 4 heteroatoms. The maximum absolute atomic E-state index is 16.4. The highest BCUT2D eigenvalue weighted by Gasteiger charge is 2.70. The van der Waals surface area contributed by atoms with Crippen LogP contribution in [0.4, 0.5) is 4.39 Å². The summed E-state index contributed by atoms with van der Waals surface area (Å²) >= 11 is 0. The number of allylic oxidation sites excluding steroid dienone is 4. The van der Waals surface area contributed by atoms with E-state index in [1.165, 1.54) is 0 Å². The lowest BCUT2D eigenvalue weighted by Crippen LogP contribution is -2.66. The first-order chi connectivity index (χ1) is 15.7. The van der Waals surface area contributed by atoms with E-state index in [9.17, 15) is 9.59 Å². The number of carbonyl (C=O) groups is 2. The zero-order chi connectivity index (χ0) is 25.1. The third-order valence-corrected chi connectivity index (χ3v) is 12.1. The molecule has 5 aliphatic rings. The SMILES string of the molecule is [C-]#[N+]C1=C[C@]2(C)C3=CC(=O)[C@@H]4[C@@H]5[C@@H](C)[C@H](C)CC[C@]5(F)CC[C@@]4(C)[C@]3(C)CC[C@H]2C(C)(C)C1=O. The lowest BCUT2D eigenvalue weighted by atomic mass is 9.35. The molecule has 0 saturated heterocycles. The van der Waals surface area contributed by atoms with Crippen LogP contribution in [0.3, 0.4) is 0 Å². The Labute approximate surface area is 204 Å². The number of ketones is 2. The average molecular weight is 466 g/mol. The lowest BCUT2D eigenvalue weighted by Gasteiger charge is -2.68. The second-order valence-corrected chi connectivity index (χ2v) is 13.7. The van der Waals surface area contributed by atoms with Crippen molar-refractivity contribution in [3.63, 3.8) is 0 Å². The summed E-state index contributed by atoms with van der Waals surface area (Å²) in [5.74, 6) is 0.106. The van der Waals surface area contributed by atoms with Crippen molar-refractivity contribution >= 4 is 11.6 Å². The number of Topliss-reactive ketones (excluding diaryl/α,β-unsaturated/α-hetero) is 1. The zero-order valence-corrected chi connectivity index (χ0v) is 21.9. The summed E-state index contributed by atoms with van der Waals surface area (Å²) in [6.45, 7) is 22.7. The van der Waals surface area contributed by atoms with Crippen LogP contribution in [0, 0.1) is 57.8 Å². The molecule has 34 heavy (non-hydrogen) atoms. The van der Waals surface area contributed by atoms with Crippen molar-refractivity contribution in [1.29, 1.82) is 0 Å². The summed E-state index contributed by atoms with van der Waals surface area (Å²) in [5.41, 5.74) is -1.72. The van der Waals surface area contributed by atoms with Gasteiger partial charge in [0.05, 0.1) is 6.57 Å². The number of halogens is 1. The van der Waals surface area contributed by atoms with Gasteiger partial charge in [-0.1, -0.05) is 60.1 Å². The van der Waals surface area contributed by atoms with Crippen LogP contribution in [0.1, 0.15) is 87.0 Å². The molecule has 9 atom stereocenters. The molecule has 0 bridgehead atoms. The minimum Gasteiger partial charge on any atom is -0.307 e. The van der Waals surface area contributed by atoms with Crippen molar-refractivity contribution in [1.82, 2.24) is 0 Å². The average Bonchev–Trinajstić information content (AvgIpc) is 2.76. The summed E-state index contributed by atoms with van der Waals surface area (Å²) < 4.78 is 16.4. The summed E-state index contributed by atoms with van der Waals surface area (Å²) in [5, 5.41) is 0. The molecule has 3 nitrogen and oxygen atoms in total. The van der Waals surface area contributed by atoms with Gasteiger partial charge in [0.15, 0.2) is 11.6 Å². The molecule has 0 aliphatic heterocycles. The molecule has 0 unspecified atom stereocenters. The van der Waals surface area contributed by atoms with Crippen LogP contribution in [0.25, 0.3) is 4.85 Å². The van der Waals surface area contributed by atoms with E-state index in [1.807, 2.05) is 26.0 Å². The Hall–Kier alpha value is -1.76. The highest BCUT2D eigenvalue weighted by molar-refractivity contribution is 6.03. The van der Waals surface area contributed by atoms with Gasteiger partial charge >= 0.3 is 0 Å². The Morgan fingerprint density at radius 1 is 1.00 bits per heavy atom. The van der Waals surface area contributed by atoms with Crippen molar-refractivity contribution in [3.05, 3.63) is 34.8 Å². The van der Waals surface area contributed by atoms with Gasteiger partial charge in [-0.25, -0.2) is 9.24 Å². The van der Waals surface area contributed by atoms with E-state index in [-0.39, 0.29) is 51.8 Å². The van der Waals surface area contributed by atoms with Crippen molar-refractivity contribution < 1.29 is 14.0 Å². The number of alkyl halides is 1. The Morgan fingerprint density at radius 2 is 1.68 bits per heavy atom. The van der Waals surface area contributed by atoms with Crippen LogP contribution < -0.4 is 0 Å². The Morgan fingerprint density at radius 3 is 2.32 bits per heavy atom. The monoisotopic (exact) mass is 465 g/mol. The predicted octanol–water partition coefficient (Wildman–Crippen LogP) is 7.14. The first kappa shape index (κ1) is 24.0. The number of nitrogens with zero attached hydrogens (tertiary/aromatic N) is 1. The highest BCUT2D eigenvalue weighted by atomic mass is 19.1. The van der Waals surface area contributed by atoms with E-state index in [1.54, 1.807) is 0 Å². The van der Waals surface area contributed by atoms with Gasteiger partial charge in [-0.05, 0) is 73.2 Å². The predicted molar refractivity (Wildman–Crippen MR) is 131 cm³/mol. The van der Waals surface area contributed by atoms with E-state index in [0.717, 1.165) is 24.8 Å². The molecule has 5 aliphatic carbocycles. The molecule has 0 spiro atoms. The van der Waals surface area contributed by atoms with Gasteiger partial charge in [0.25, 0.3) is 0 Å². The fourth-order valence-corrected chi connectivity index (χ4v) is 9.74. The molecule has 0 heterocycles. The summed E-state index contributed by atoms with van der Waals surface area (Å²) in [6, 6.07) is 0. The molecule has 0 N–H and O–H groups in total. The van der Waals surface area contributed by atoms with Crippen LogP contribution in [0.2, 0.25) is 0 Å². The molecule has 5 rings (SSSR count). The third-order valence-electron chi connectivity index (χ3n) is 12.1. The number of hydrogen-bond acceptors (Lipinski definition) is 2. The quantitative estimate of drug-likeness (QED) is 0.357. The van der Waals surface area contributed by atoms with Gasteiger partial charge in [0.1, 0.15) is 5.67 Å². The topological polar surface area (TPSA) is 38.5 Å². The van der Waals surface area contributed by atoms with Crippen LogP contribution in [0.15, 0.2) is 23.4 Å². The van der Waals surface area contributed by atoms with Crippen molar-refractivity contribution in [2.45, 2.75) is 92.7 Å². The Bertz CT molecular complexity index is 1080. The van der Waals surface area contributed by atoms with Crippen LogP contribution in [0.5, 0.6) is 0 Å². The van der Waals surface area contributed by atoms with Gasteiger partial charge in [0.2, 0.25) is 5.70 Å². The van der Waals surface area contributed by atoms with Crippen molar-refractivity contribution in [3.8, 4) is 0 Å². The van der Waals surface area contributed by atoms with Gasteiger partial charge in [-0.3, -0.25) is 4.79 Å². The highest BCUT2D eigenvalue weighted by Crippen LogP contribution is 2.73. The molecule has 3 saturated carbocycles. The minimum absolute atomic E-state index is 0.0442. The van der Waals surface area contributed by atoms with Crippen LogP contribution in [-0.4, -0.2) is 17.2 Å². The molecule has 0 aromatic heterocycles. The minimum atomic E-state index is -1.25. The standard InChI is InChI=1S/C30H40FNO2/c1-17-9-12-30(31)14-13-29(7)24(23(30)18(17)2)20(33)15-22-27(5)16-19(32-8)25(34)26(3,4)21(27)10-11-28(22,29)6/h15-18,21,23-24H,9-14H2,1-7H3/t17-,18+,21+,23+,24-,27+,28-,29-,30+/m1/s1. The third kappa shape index (κ3) is 2.63. The lowest BCUT2D eigenvalue weighted by molar-refractivity contribution is -0.181. The van der Waals surface area contributed by atoms with Gasteiger partial charge in [0, 0.05) is 22.7 Å². The maximum atomic E-state index is 16.4. The molecule has 184 valence electrons. The molecule has 0 radical (unpaired) electrons. The fourth-order valence-electron chi connectivity index (χ4n) is 9.74. The molecule has 0 aromatic carbocycles. The Kier molecular flexibility index (Phi) is 4.88. The largest absolute Gasteiger partial charge is 0.307 e. The van der Waals surface area contributed by atoms with Gasteiger partial charge in [-0.2, -0.15) is 0 Å². The maximum Gasteiger partial charge on any atom is 0.226 e. The zero-order valence-electron chi connectivity index (χ0n) is 21.9. The second-order valence-electron chi connectivity index (χ2n) is 13.7. The number of rotatable bonds is 0. The van der Waals surface area contributed by atoms with E-state index in [2.05, 4.69) is 39.5 Å². The van der Waals surface area contributed by atoms with Crippen molar-refractivity contribution in [2.24, 2.45) is 51.2 Å². The molecular formula is C30H40FNO2. The fraction of sp³-hybridized carbons (Fsp3) is 0.767. The number of fused-ring (bicyclic) bond motifs is 7. The van der Waals surface area contributed by atoms with Gasteiger partial charge in [-0.15, -0.1) is 0 Å². The van der Waals surface area contributed by atoms with Crippen LogP contribution >= 0.6 is 0 Å². The van der Waals surface area contributed by atoms with E-state index >= 15 is 4.39 Å². The van der Waals surface area contributed by atoms with E-state index < -0.39 is 16.5 Å². The molecule has 3 fully saturated rings. The van der Waals surface area contributed by atoms with E-state index in [0.29, 0.717) is 25.2 Å². The Balaban J connectivity index is 1.71. The normalized spacial score (nSPS) is 51.7.